The van der Waals surface area contributed by atoms with Gasteiger partial charge in [-0.3, -0.25) is 0 Å². The van der Waals surface area contributed by atoms with Crippen molar-refractivity contribution in [1.82, 2.24) is 0 Å². The maximum Gasteiger partial charge on any atom is 0.252 e. The van der Waals surface area contributed by atoms with Crippen molar-refractivity contribution in [2.24, 2.45) is 0 Å². The van der Waals surface area contributed by atoms with Gasteiger partial charge in [-0.1, -0.05) is 240 Å². The first-order valence-electron chi connectivity index (χ1n) is 29.5. The van der Waals surface area contributed by atoms with Crippen LogP contribution in [0.3, 0.4) is 0 Å². The predicted octanol–water partition coefficient (Wildman–Crippen LogP) is 18.2. The number of para-hydroxylation sites is 3. The van der Waals surface area contributed by atoms with Crippen molar-refractivity contribution < 1.29 is 0 Å². The van der Waals surface area contributed by atoms with Crippen molar-refractivity contribution in [3.63, 3.8) is 0 Å². The van der Waals surface area contributed by atoms with Crippen molar-refractivity contribution in [3.8, 4) is 44.5 Å². The number of hydrogen-bond donors (Lipinski definition) is 0. The van der Waals surface area contributed by atoms with Gasteiger partial charge in [0.25, 0.3) is 6.71 Å². The van der Waals surface area contributed by atoms with Crippen LogP contribution in [0.25, 0.3) is 44.5 Å². The Labute approximate surface area is 486 Å². The van der Waals surface area contributed by atoms with Gasteiger partial charge in [-0.2, -0.15) is 0 Å². The van der Waals surface area contributed by atoms with Gasteiger partial charge in [0.15, 0.2) is 0 Å². The zero-order valence-corrected chi connectivity index (χ0v) is 46.8. The summed E-state index contributed by atoms with van der Waals surface area (Å²) in [5.74, 6) is 0. The monoisotopic (exact) mass is 1060 g/mol. The lowest BCUT2D eigenvalue weighted by molar-refractivity contribution is 0.660. The van der Waals surface area contributed by atoms with E-state index in [-0.39, 0.29) is 17.5 Å². The highest BCUT2D eigenvalue weighted by Crippen LogP contribution is 2.66. The van der Waals surface area contributed by atoms with Crippen LogP contribution in [-0.2, 0) is 16.2 Å². The van der Waals surface area contributed by atoms with E-state index in [2.05, 4.69) is 309 Å². The summed E-state index contributed by atoms with van der Waals surface area (Å²) in [4.78, 5) is 7.90. The lowest BCUT2D eigenvalue weighted by atomic mass is 9.33. The second-order valence-corrected chi connectivity index (χ2v) is 24.6. The first-order chi connectivity index (χ1) is 40.8. The molecule has 0 saturated heterocycles. The topological polar surface area (TPSA) is 9.72 Å². The van der Waals surface area contributed by atoms with Gasteiger partial charge in [0.2, 0.25) is 0 Å². The van der Waals surface area contributed by atoms with E-state index in [0.29, 0.717) is 0 Å². The molecule has 4 aliphatic carbocycles. The van der Waals surface area contributed by atoms with E-state index < -0.39 is 5.41 Å². The van der Waals surface area contributed by atoms with E-state index >= 15 is 0 Å². The van der Waals surface area contributed by atoms with Crippen LogP contribution in [0.15, 0.2) is 267 Å². The van der Waals surface area contributed by atoms with Gasteiger partial charge in [-0.25, -0.2) is 0 Å². The van der Waals surface area contributed by atoms with Gasteiger partial charge in [0.05, 0.1) is 16.8 Å². The van der Waals surface area contributed by atoms with Crippen LogP contribution >= 0.6 is 0 Å². The van der Waals surface area contributed by atoms with Crippen LogP contribution in [-0.4, -0.2) is 6.71 Å². The molecule has 83 heavy (non-hydrogen) atoms. The largest absolute Gasteiger partial charge is 0.311 e. The van der Waals surface area contributed by atoms with E-state index in [1.807, 2.05) is 0 Å². The summed E-state index contributed by atoms with van der Waals surface area (Å²) in [5, 5.41) is 0. The van der Waals surface area contributed by atoms with Gasteiger partial charge in [-0.15, -0.1) is 0 Å². The molecule has 12 aromatic carbocycles. The van der Waals surface area contributed by atoms with Crippen molar-refractivity contribution in [2.45, 2.75) is 43.9 Å². The Morgan fingerprint density at radius 2 is 0.699 bits per heavy atom. The molecule has 18 rings (SSSR count). The van der Waals surface area contributed by atoms with Crippen LogP contribution in [0.5, 0.6) is 0 Å². The number of nitrogens with zero attached hydrogens (tertiary/aromatic N) is 3. The van der Waals surface area contributed by atoms with Crippen molar-refractivity contribution >= 4 is 74.3 Å². The van der Waals surface area contributed by atoms with E-state index in [1.54, 1.807) is 0 Å². The highest BCUT2D eigenvalue weighted by Gasteiger charge is 2.54. The molecule has 0 saturated carbocycles. The minimum atomic E-state index is -0.511. The fourth-order valence-electron chi connectivity index (χ4n) is 16.7. The Kier molecular flexibility index (Phi) is 9.37. The van der Waals surface area contributed by atoms with Gasteiger partial charge in [0, 0.05) is 67.3 Å². The summed E-state index contributed by atoms with van der Waals surface area (Å²) < 4.78 is 0. The van der Waals surface area contributed by atoms with Crippen molar-refractivity contribution in [3.05, 3.63) is 311 Å². The van der Waals surface area contributed by atoms with Crippen LogP contribution < -0.4 is 31.1 Å². The molecule has 0 fully saturated rings. The minimum absolute atomic E-state index is 0.110. The van der Waals surface area contributed by atoms with Gasteiger partial charge < -0.3 is 14.7 Å². The number of benzene rings is 12. The van der Waals surface area contributed by atoms with E-state index in [9.17, 15) is 0 Å². The third-order valence-electron chi connectivity index (χ3n) is 20.0. The number of rotatable bonds is 5. The lowest BCUT2D eigenvalue weighted by Crippen LogP contribution is -2.61. The fourth-order valence-corrected chi connectivity index (χ4v) is 16.7. The third kappa shape index (κ3) is 5.90. The number of anilines is 9. The molecule has 6 aliphatic rings. The Morgan fingerprint density at radius 1 is 0.313 bits per heavy atom. The molecule has 3 nitrogen and oxygen atoms in total. The van der Waals surface area contributed by atoms with Gasteiger partial charge in [-0.05, 0) is 143 Å². The maximum atomic E-state index is 2.65. The van der Waals surface area contributed by atoms with Crippen molar-refractivity contribution in [2.75, 3.05) is 14.7 Å². The van der Waals surface area contributed by atoms with Gasteiger partial charge >= 0.3 is 0 Å². The molecule has 0 N–H and O–H groups in total. The summed E-state index contributed by atoms with van der Waals surface area (Å²) in [6.45, 7) is 9.56. The molecule has 0 atom stereocenters. The Morgan fingerprint density at radius 3 is 1.18 bits per heavy atom. The zero-order chi connectivity index (χ0) is 55.1. The molecular formula is C79H56BN3. The van der Waals surface area contributed by atoms with Crippen molar-refractivity contribution in [1.29, 1.82) is 0 Å². The van der Waals surface area contributed by atoms with Crippen LogP contribution in [0.1, 0.15) is 72.2 Å². The maximum absolute atomic E-state index is 2.65. The average molecular weight is 1060 g/mol. The predicted molar refractivity (Wildman–Crippen MR) is 347 cm³/mol. The SMILES string of the molecule is CC1(C)c2ccccc2-c2c1ccc1c2N(c2ccccc2)c2cc(N(c3ccccc3)c3cccc4c3-c3ccccc3C43c4ccccc4-c4ccccc43)cc3c2B1c1ccc2c(c1N3c1ccccc1)-c1ccccc1C2(C)C. The normalized spacial score (nSPS) is 15.4. The quantitative estimate of drug-likeness (QED) is 0.159. The summed E-state index contributed by atoms with van der Waals surface area (Å²) in [6, 6.07) is 102. The zero-order valence-electron chi connectivity index (χ0n) is 46.8. The van der Waals surface area contributed by atoms with Crippen LogP contribution in [0.2, 0.25) is 0 Å². The summed E-state index contributed by atoms with van der Waals surface area (Å²) in [6.07, 6.45) is 0. The van der Waals surface area contributed by atoms with Crippen LogP contribution in [0.4, 0.5) is 51.2 Å². The molecule has 0 radical (unpaired) electrons. The summed E-state index contributed by atoms with van der Waals surface area (Å²) in [7, 11) is 0. The summed E-state index contributed by atoms with van der Waals surface area (Å²) >= 11 is 0. The fraction of sp³-hybridized carbons (Fsp3) is 0.0886. The molecular weight excluding hydrogens is 1000 g/mol. The molecule has 2 aliphatic heterocycles. The molecule has 390 valence electrons. The second-order valence-electron chi connectivity index (χ2n) is 24.6. The third-order valence-corrected chi connectivity index (χ3v) is 20.0. The second kappa shape index (κ2) is 16.6. The first kappa shape index (κ1) is 46.8. The molecule has 0 bridgehead atoms. The highest BCUT2D eigenvalue weighted by atomic mass is 15.2. The molecule has 1 spiro atoms. The Hall–Kier alpha value is -9.90. The van der Waals surface area contributed by atoms with Gasteiger partial charge in [0.1, 0.15) is 0 Å². The van der Waals surface area contributed by atoms with E-state index in [4.69, 9.17) is 0 Å². The molecule has 4 heteroatoms. The van der Waals surface area contributed by atoms with E-state index in [1.165, 1.54) is 128 Å². The van der Waals surface area contributed by atoms with Crippen LogP contribution in [0, 0.1) is 0 Å². The van der Waals surface area contributed by atoms with E-state index in [0.717, 1.165) is 28.4 Å². The number of hydrogen-bond acceptors (Lipinski definition) is 3. The summed E-state index contributed by atoms with van der Waals surface area (Å²) in [5.41, 5.74) is 34.6. The standard InChI is InChI=1S/C79H56BN3/c1-77(2)58-36-19-16-33-55(58)72-63(77)43-45-66-75(72)82(50-27-10-6-11-28-50)69-47-52(48-70-74(69)80(66)67-46-44-64-73(56-34-17-20-37-59(56)78(64,3)4)76(67)83(70)51-29-12-7-13-30-51)81(49-25-8-5-9-26-49)68-42-24-41-65-71(68)57-35-18-23-40-62(57)79(65)60-38-21-14-31-53(60)54-32-15-22-39-61(54)79/h5-48H,1-4H3. The highest BCUT2D eigenvalue weighted by molar-refractivity contribution is 7.00. The Balaban J connectivity index is 0.997. The Bertz CT molecular complexity index is 4540. The molecule has 0 unspecified atom stereocenters. The lowest BCUT2D eigenvalue weighted by Gasteiger charge is -2.46. The first-order valence-corrected chi connectivity index (χ1v) is 29.5. The molecule has 0 aromatic heterocycles. The molecule has 0 amide bonds. The number of fused-ring (bicyclic) bond motifs is 22. The molecule has 12 aromatic rings. The average Bonchev–Trinajstić information content (AvgIpc) is 1.73. The molecule has 2 heterocycles. The minimum Gasteiger partial charge on any atom is -0.311 e. The smallest absolute Gasteiger partial charge is 0.252 e.